The largest absolute Gasteiger partial charge is 0.480 e. The first kappa shape index (κ1) is 21.4. The molecule has 0 bridgehead atoms. The van der Waals surface area contributed by atoms with Crippen LogP contribution in [0.1, 0.15) is 42.9 Å². The average molecular weight is 421 g/mol. The standard InChI is InChI=1S/C25H32N4O2/c26-27-18-19-6-8-23(9-7-19)28-14-10-20(11-15-28)21-12-16-29(17-13-21)24(25(30)31)22-4-2-1-3-5-22/h1-9,18,20-21,24H,10-17,26H2,(H,30,31). The molecule has 4 rings (SSSR count). The predicted molar refractivity (Wildman–Crippen MR) is 124 cm³/mol. The fourth-order valence-corrected chi connectivity index (χ4v) is 5.28. The zero-order valence-electron chi connectivity index (χ0n) is 17.9. The molecule has 31 heavy (non-hydrogen) atoms. The third kappa shape index (κ3) is 5.07. The summed E-state index contributed by atoms with van der Waals surface area (Å²) in [6.45, 7) is 3.88. The molecular formula is C25H32N4O2. The molecule has 0 aromatic heterocycles. The van der Waals surface area contributed by atoms with E-state index in [-0.39, 0.29) is 0 Å². The molecule has 2 aliphatic heterocycles. The minimum atomic E-state index is -0.748. The summed E-state index contributed by atoms with van der Waals surface area (Å²) in [5.41, 5.74) is 3.16. The number of carboxylic acids is 1. The lowest BCUT2D eigenvalue weighted by Gasteiger charge is -2.42. The molecule has 6 heteroatoms. The highest BCUT2D eigenvalue weighted by atomic mass is 16.4. The lowest BCUT2D eigenvalue weighted by molar-refractivity contribution is -0.144. The first-order chi connectivity index (χ1) is 15.2. The predicted octanol–water partition coefficient (Wildman–Crippen LogP) is 3.73. The summed E-state index contributed by atoms with van der Waals surface area (Å²) in [5.74, 6) is 5.91. The van der Waals surface area contributed by atoms with Gasteiger partial charge in [0.15, 0.2) is 0 Å². The number of piperidine rings is 2. The summed E-state index contributed by atoms with van der Waals surface area (Å²) in [5, 5.41) is 13.4. The molecule has 0 aliphatic carbocycles. The van der Waals surface area contributed by atoms with Gasteiger partial charge in [0.25, 0.3) is 0 Å². The van der Waals surface area contributed by atoms with Crippen molar-refractivity contribution in [1.82, 2.24) is 4.90 Å². The second-order valence-electron chi connectivity index (χ2n) is 8.72. The second kappa shape index (κ2) is 9.96. The van der Waals surface area contributed by atoms with E-state index in [0.29, 0.717) is 5.92 Å². The highest BCUT2D eigenvalue weighted by Crippen LogP contribution is 2.36. The van der Waals surface area contributed by atoms with Gasteiger partial charge >= 0.3 is 5.97 Å². The van der Waals surface area contributed by atoms with Crippen molar-refractivity contribution in [2.75, 3.05) is 31.1 Å². The second-order valence-corrected chi connectivity index (χ2v) is 8.72. The fourth-order valence-electron chi connectivity index (χ4n) is 5.28. The van der Waals surface area contributed by atoms with E-state index in [1.54, 1.807) is 6.21 Å². The average Bonchev–Trinajstić information content (AvgIpc) is 2.81. The number of carbonyl (C=O) groups is 1. The molecule has 2 aromatic rings. The number of nitrogens with two attached hydrogens (primary N) is 1. The van der Waals surface area contributed by atoms with Crippen LogP contribution >= 0.6 is 0 Å². The molecule has 1 unspecified atom stereocenters. The number of hydrogen-bond acceptors (Lipinski definition) is 5. The number of carboxylic acid groups (broad SMARTS) is 1. The Kier molecular flexibility index (Phi) is 6.87. The van der Waals surface area contributed by atoms with Crippen LogP contribution < -0.4 is 10.7 Å². The zero-order valence-corrected chi connectivity index (χ0v) is 17.9. The van der Waals surface area contributed by atoms with E-state index in [9.17, 15) is 9.90 Å². The van der Waals surface area contributed by atoms with Gasteiger partial charge in [-0.1, -0.05) is 42.5 Å². The Morgan fingerprint density at radius 3 is 2.06 bits per heavy atom. The minimum absolute atomic E-state index is 0.531. The normalized spacial score (nSPS) is 20.2. The SMILES string of the molecule is NN=Cc1ccc(N2CCC(C3CCN(C(C(=O)O)c4ccccc4)CC3)CC2)cc1. The molecule has 2 aromatic carbocycles. The third-order valence-electron chi connectivity index (χ3n) is 6.98. The topological polar surface area (TPSA) is 82.2 Å². The van der Waals surface area contributed by atoms with E-state index >= 15 is 0 Å². The molecule has 2 fully saturated rings. The van der Waals surface area contributed by atoms with Crippen LogP contribution in [0.25, 0.3) is 0 Å². The Labute approximate surface area is 184 Å². The molecule has 0 spiro atoms. The highest BCUT2D eigenvalue weighted by Gasteiger charge is 2.34. The molecule has 3 N–H and O–H groups in total. The van der Waals surface area contributed by atoms with Crippen molar-refractivity contribution in [1.29, 1.82) is 0 Å². The molecule has 164 valence electrons. The first-order valence-electron chi connectivity index (χ1n) is 11.3. The van der Waals surface area contributed by atoms with Crippen molar-refractivity contribution in [3.63, 3.8) is 0 Å². The Hall–Kier alpha value is -2.86. The van der Waals surface area contributed by atoms with Crippen LogP contribution in [0, 0.1) is 11.8 Å². The molecule has 2 heterocycles. The maximum absolute atomic E-state index is 12.0. The van der Waals surface area contributed by atoms with Crippen molar-refractivity contribution in [3.8, 4) is 0 Å². The minimum Gasteiger partial charge on any atom is -0.480 e. The molecule has 6 nitrogen and oxygen atoms in total. The Morgan fingerprint density at radius 2 is 1.52 bits per heavy atom. The molecule has 0 amide bonds. The number of rotatable bonds is 6. The van der Waals surface area contributed by atoms with Gasteiger partial charge in [-0.15, -0.1) is 0 Å². The smallest absolute Gasteiger partial charge is 0.325 e. The zero-order chi connectivity index (χ0) is 21.6. The highest BCUT2D eigenvalue weighted by molar-refractivity contribution is 5.80. The summed E-state index contributed by atoms with van der Waals surface area (Å²) in [6.07, 6.45) is 6.26. The number of hydrogen-bond donors (Lipinski definition) is 2. The van der Waals surface area contributed by atoms with Crippen molar-refractivity contribution in [3.05, 3.63) is 65.7 Å². The number of likely N-dealkylation sites (tertiary alicyclic amines) is 1. The van der Waals surface area contributed by atoms with Crippen molar-refractivity contribution >= 4 is 17.9 Å². The Bertz CT molecular complexity index is 868. The van der Waals surface area contributed by atoms with Crippen LogP contribution in [0.4, 0.5) is 5.69 Å². The number of aliphatic carboxylic acids is 1. The van der Waals surface area contributed by atoms with Gasteiger partial charge in [-0.25, -0.2) is 0 Å². The lowest BCUT2D eigenvalue weighted by Crippen LogP contribution is -2.43. The number of anilines is 1. The molecule has 2 saturated heterocycles. The lowest BCUT2D eigenvalue weighted by atomic mass is 9.78. The monoisotopic (exact) mass is 420 g/mol. The fraction of sp³-hybridized carbons (Fsp3) is 0.440. The van der Waals surface area contributed by atoms with Gasteiger partial charge < -0.3 is 15.8 Å². The van der Waals surface area contributed by atoms with E-state index in [0.717, 1.165) is 56.1 Å². The van der Waals surface area contributed by atoms with Gasteiger partial charge in [-0.2, -0.15) is 5.10 Å². The summed E-state index contributed by atoms with van der Waals surface area (Å²) in [6, 6.07) is 17.5. The van der Waals surface area contributed by atoms with E-state index in [4.69, 9.17) is 5.84 Å². The number of hydrazone groups is 1. The van der Waals surface area contributed by atoms with Crippen molar-refractivity contribution in [2.45, 2.75) is 31.7 Å². The van der Waals surface area contributed by atoms with Crippen LogP contribution in [-0.4, -0.2) is 48.4 Å². The van der Waals surface area contributed by atoms with Crippen LogP contribution in [0.3, 0.4) is 0 Å². The molecule has 2 aliphatic rings. The Balaban J connectivity index is 1.29. The van der Waals surface area contributed by atoms with Crippen LogP contribution in [0.15, 0.2) is 59.7 Å². The third-order valence-corrected chi connectivity index (χ3v) is 6.98. The summed E-state index contributed by atoms with van der Waals surface area (Å²) in [4.78, 5) is 16.6. The quantitative estimate of drug-likeness (QED) is 0.423. The van der Waals surface area contributed by atoms with E-state index < -0.39 is 12.0 Å². The van der Waals surface area contributed by atoms with Gasteiger partial charge in [0.05, 0.1) is 6.21 Å². The summed E-state index contributed by atoms with van der Waals surface area (Å²) in [7, 11) is 0. The number of nitrogens with zero attached hydrogens (tertiary/aromatic N) is 3. The van der Waals surface area contributed by atoms with Gasteiger partial charge in [0.1, 0.15) is 6.04 Å². The van der Waals surface area contributed by atoms with Gasteiger partial charge in [0.2, 0.25) is 0 Å². The van der Waals surface area contributed by atoms with E-state index in [2.05, 4.69) is 39.2 Å². The van der Waals surface area contributed by atoms with Gasteiger partial charge in [-0.05, 0) is 73.9 Å². The molecular weight excluding hydrogens is 388 g/mol. The van der Waals surface area contributed by atoms with Crippen molar-refractivity contribution < 1.29 is 9.90 Å². The maximum atomic E-state index is 12.0. The van der Waals surface area contributed by atoms with Gasteiger partial charge in [0, 0.05) is 18.8 Å². The molecule has 0 saturated carbocycles. The van der Waals surface area contributed by atoms with E-state index in [1.165, 1.54) is 18.5 Å². The van der Waals surface area contributed by atoms with Crippen molar-refractivity contribution in [2.24, 2.45) is 22.8 Å². The van der Waals surface area contributed by atoms with Crippen LogP contribution in [-0.2, 0) is 4.79 Å². The van der Waals surface area contributed by atoms with Gasteiger partial charge in [-0.3, -0.25) is 9.69 Å². The van der Waals surface area contributed by atoms with Crippen LogP contribution in [0.5, 0.6) is 0 Å². The Morgan fingerprint density at radius 1 is 0.935 bits per heavy atom. The number of benzene rings is 2. The summed E-state index contributed by atoms with van der Waals surface area (Å²) >= 11 is 0. The molecule has 0 radical (unpaired) electrons. The first-order valence-corrected chi connectivity index (χ1v) is 11.3. The summed E-state index contributed by atoms with van der Waals surface area (Å²) < 4.78 is 0. The van der Waals surface area contributed by atoms with Crippen LogP contribution in [0.2, 0.25) is 0 Å². The van der Waals surface area contributed by atoms with E-state index in [1.807, 2.05) is 30.3 Å². The maximum Gasteiger partial charge on any atom is 0.325 e. The molecule has 1 atom stereocenters.